The summed E-state index contributed by atoms with van der Waals surface area (Å²) in [5.41, 5.74) is -1.21. The summed E-state index contributed by atoms with van der Waals surface area (Å²) in [6.07, 6.45) is 0.575. The Bertz CT molecular complexity index is 315. The van der Waals surface area contributed by atoms with Gasteiger partial charge >= 0.3 is 12.0 Å². The van der Waals surface area contributed by atoms with E-state index in [-0.39, 0.29) is 18.9 Å². The highest BCUT2D eigenvalue weighted by Crippen LogP contribution is 2.21. The summed E-state index contributed by atoms with van der Waals surface area (Å²) in [4.78, 5) is 25.1. The van der Waals surface area contributed by atoms with Gasteiger partial charge in [-0.1, -0.05) is 0 Å². The first-order chi connectivity index (χ1) is 9.05. The largest absolute Gasteiger partial charge is 0.480 e. The number of methoxy groups -OCH3 is 1. The van der Waals surface area contributed by atoms with Crippen LogP contribution in [0.25, 0.3) is 0 Å². The number of nitrogens with zero attached hydrogens (tertiary/aromatic N) is 1. The average Bonchev–Trinajstić information content (AvgIpc) is 2.40. The molecule has 2 N–H and O–H groups in total. The maximum atomic E-state index is 12.1. The van der Waals surface area contributed by atoms with Crippen LogP contribution in [0.5, 0.6) is 0 Å². The molecule has 2 amide bonds. The number of urea groups is 1. The molecule has 7 heteroatoms. The predicted molar refractivity (Wildman–Crippen MR) is 68.1 cm³/mol. The second kappa shape index (κ2) is 7.30. The van der Waals surface area contributed by atoms with E-state index in [0.29, 0.717) is 32.9 Å². The molecule has 0 radical (unpaired) electrons. The van der Waals surface area contributed by atoms with Crippen LogP contribution < -0.4 is 5.32 Å². The van der Waals surface area contributed by atoms with E-state index in [1.807, 2.05) is 6.92 Å². The molecule has 0 spiro atoms. The Morgan fingerprint density at radius 3 is 2.53 bits per heavy atom. The zero-order valence-electron chi connectivity index (χ0n) is 11.5. The lowest BCUT2D eigenvalue weighted by Gasteiger charge is -2.35. The number of carbonyl (C=O) groups is 2. The van der Waals surface area contributed by atoms with Crippen molar-refractivity contribution in [3.8, 4) is 0 Å². The minimum atomic E-state index is -1.21. The van der Waals surface area contributed by atoms with E-state index >= 15 is 0 Å². The van der Waals surface area contributed by atoms with Crippen molar-refractivity contribution in [3.63, 3.8) is 0 Å². The van der Waals surface area contributed by atoms with Crippen LogP contribution in [0.3, 0.4) is 0 Å². The number of hydrogen-bond acceptors (Lipinski definition) is 4. The van der Waals surface area contributed by atoms with Gasteiger partial charge in [-0.2, -0.15) is 0 Å². The lowest BCUT2D eigenvalue weighted by atomic mass is 9.90. The Hall–Kier alpha value is -1.34. The van der Waals surface area contributed by atoms with E-state index in [0.717, 1.165) is 0 Å². The molecule has 1 aliphatic rings. The zero-order valence-corrected chi connectivity index (χ0v) is 11.5. The molecular weight excluding hydrogens is 252 g/mol. The molecule has 0 aromatic carbocycles. The number of carbonyl (C=O) groups excluding carboxylic acids is 1. The van der Waals surface area contributed by atoms with E-state index in [1.165, 1.54) is 4.90 Å². The fourth-order valence-corrected chi connectivity index (χ4v) is 2.00. The standard InChI is InChI=1S/C12H22N2O5/c1-3-14(6-9-18-2)11(17)13-12(10(15)16)4-7-19-8-5-12/h3-9H2,1-2H3,(H,13,17)(H,15,16). The molecule has 110 valence electrons. The molecule has 1 saturated heterocycles. The lowest BCUT2D eigenvalue weighted by Crippen LogP contribution is -2.60. The lowest BCUT2D eigenvalue weighted by molar-refractivity contribution is -0.148. The monoisotopic (exact) mass is 274 g/mol. The van der Waals surface area contributed by atoms with Gasteiger partial charge in [-0.3, -0.25) is 0 Å². The van der Waals surface area contributed by atoms with Crippen molar-refractivity contribution >= 4 is 12.0 Å². The molecule has 1 rings (SSSR count). The number of likely N-dealkylation sites (N-methyl/N-ethyl adjacent to an activating group) is 1. The molecule has 0 unspecified atom stereocenters. The van der Waals surface area contributed by atoms with Crippen LogP contribution in [-0.4, -0.2) is 67.6 Å². The summed E-state index contributed by atoms with van der Waals surface area (Å²) in [6, 6.07) is -0.371. The van der Waals surface area contributed by atoms with E-state index in [1.54, 1.807) is 7.11 Å². The minimum absolute atomic E-state index is 0.288. The SMILES string of the molecule is CCN(CCOC)C(=O)NC1(C(=O)O)CCOCC1. The first-order valence-corrected chi connectivity index (χ1v) is 6.43. The van der Waals surface area contributed by atoms with Crippen molar-refractivity contribution in [2.75, 3.05) is 40.0 Å². The summed E-state index contributed by atoms with van der Waals surface area (Å²) in [5, 5.41) is 12.0. The first-order valence-electron chi connectivity index (χ1n) is 6.43. The molecule has 19 heavy (non-hydrogen) atoms. The fourth-order valence-electron chi connectivity index (χ4n) is 2.00. The smallest absolute Gasteiger partial charge is 0.329 e. The number of hydrogen-bond donors (Lipinski definition) is 2. The summed E-state index contributed by atoms with van der Waals surface area (Å²) >= 11 is 0. The van der Waals surface area contributed by atoms with Gasteiger partial charge in [0.25, 0.3) is 0 Å². The van der Waals surface area contributed by atoms with Crippen LogP contribution in [0.4, 0.5) is 4.79 Å². The van der Waals surface area contributed by atoms with Crippen molar-refractivity contribution in [2.24, 2.45) is 0 Å². The zero-order chi connectivity index (χ0) is 14.3. The molecule has 1 aliphatic heterocycles. The normalized spacial score (nSPS) is 17.8. The van der Waals surface area contributed by atoms with Crippen molar-refractivity contribution in [1.82, 2.24) is 10.2 Å². The topological polar surface area (TPSA) is 88.1 Å². The van der Waals surface area contributed by atoms with Crippen LogP contribution in [0.1, 0.15) is 19.8 Å². The predicted octanol–water partition coefficient (Wildman–Crippen LogP) is 0.298. The molecule has 0 atom stereocenters. The molecule has 0 aromatic heterocycles. The Kier molecular flexibility index (Phi) is 6.04. The van der Waals surface area contributed by atoms with Crippen LogP contribution >= 0.6 is 0 Å². The minimum Gasteiger partial charge on any atom is -0.480 e. The number of nitrogens with one attached hydrogen (secondary N) is 1. The average molecular weight is 274 g/mol. The third-order valence-electron chi connectivity index (χ3n) is 3.34. The van der Waals surface area contributed by atoms with Gasteiger partial charge in [0.1, 0.15) is 5.54 Å². The van der Waals surface area contributed by atoms with Crippen molar-refractivity contribution < 1.29 is 24.2 Å². The molecule has 7 nitrogen and oxygen atoms in total. The van der Waals surface area contributed by atoms with Crippen molar-refractivity contribution in [1.29, 1.82) is 0 Å². The maximum absolute atomic E-state index is 12.1. The van der Waals surface area contributed by atoms with Gasteiger partial charge in [-0.15, -0.1) is 0 Å². The summed E-state index contributed by atoms with van der Waals surface area (Å²) in [7, 11) is 1.56. The summed E-state index contributed by atoms with van der Waals surface area (Å²) in [6.45, 7) is 3.89. The van der Waals surface area contributed by atoms with Crippen molar-refractivity contribution in [3.05, 3.63) is 0 Å². The fraction of sp³-hybridized carbons (Fsp3) is 0.833. The Morgan fingerprint density at radius 2 is 2.05 bits per heavy atom. The van der Waals surface area contributed by atoms with Gasteiger partial charge < -0.3 is 24.8 Å². The van der Waals surface area contributed by atoms with Gasteiger partial charge in [0.05, 0.1) is 6.61 Å². The van der Waals surface area contributed by atoms with Crippen molar-refractivity contribution in [2.45, 2.75) is 25.3 Å². The highest BCUT2D eigenvalue weighted by Gasteiger charge is 2.42. The molecular formula is C12H22N2O5. The van der Waals surface area contributed by atoms with Crippen LogP contribution in [0, 0.1) is 0 Å². The number of carboxylic acid groups (broad SMARTS) is 1. The van der Waals surface area contributed by atoms with Crippen LogP contribution in [-0.2, 0) is 14.3 Å². The summed E-state index contributed by atoms with van der Waals surface area (Å²) < 4.78 is 10.1. The van der Waals surface area contributed by atoms with Gasteiger partial charge in [-0.25, -0.2) is 9.59 Å². The third-order valence-corrected chi connectivity index (χ3v) is 3.34. The molecule has 0 bridgehead atoms. The van der Waals surface area contributed by atoms with Crippen LogP contribution in [0.15, 0.2) is 0 Å². The first kappa shape index (κ1) is 15.7. The molecule has 0 saturated carbocycles. The van der Waals surface area contributed by atoms with E-state index in [9.17, 15) is 14.7 Å². The molecule has 0 aliphatic carbocycles. The molecule has 1 heterocycles. The van der Waals surface area contributed by atoms with Gasteiger partial charge in [-0.05, 0) is 6.92 Å². The second-order valence-corrected chi connectivity index (χ2v) is 4.50. The van der Waals surface area contributed by atoms with Crippen LogP contribution in [0.2, 0.25) is 0 Å². The number of aliphatic carboxylic acids is 1. The van der Waals surface area contributed by atoms with Gasteiger partial charge in [0, 0.05) is 46.3 Å². The highest BCUT2D eigenvalue weighted by atomic mass is 16.5. The Balaban J connectivity index is 2.67. The number of rotatable bonds is 6. The second-order valence-electron chi connectivity index (χ2n) is 4.50. The van der Waals surface area contributed by atoms with E-state index < -0.39 is 11.5 Å². The quantitative estimate of drug-likeness (QED) is 0.727. The number of ether oxygens (including phenoxy) is 2. The van der Waals surface area contributed by atoms with E-state index in [2.05, 4.69) is 5.32 Å². The van der Waals surface area contributed by atoms with Gasteiger partial charge in [0.15, 0.2) is 0 Å². The van der Waals surface area contributed by atoms with E-state index in [4.69, 9.17) is 9.47 Å². The summed E-state index contributed by atoms with van der Waals surface area (Å²) in [5.74, 6) is -1.01. The Labute approximate surface area is 112 Å². The third kappa shape index (κ3) is 4.07. The molecule has 0 aromatic rings. The van der Waals surface area contributed by atoms with Gasteiger partial charge in [0.2, 0.25) is 0 Å². The number of amides is 2. The number of carboxylic acids is 1. The molecule has 1 fully saturated rings. The maximum Gasteiger partial charge on any atom is 0.329 e. The Morgan fingerprint density at radius 1 is 1.42 bits per heavy atom. The highest BCUT2D eigenvalue weighted by molar-refractivity contribution is 5.86.